The highest BCUT2D eigenvalue weighted by Gasteiger charge is 2.25. The molecule has 0 fully saturated rings. The van der Waals surface area contributed by atoms with Gasteiger partial charge in [-0.05, 0) is 20.8 Å². The number of ether oxygens (including phenoxy) is 2. The molecule has 0 radical (unpaired) electrons. The van der Waals surface area contributed by atoms with Gasteiger partial charge < -0.3 is 9.47 Å². The van der Waals surface area contributed by atoms with Crippen molar-refractivity contribution in [2.45, 2.75) is 26.4 Å². The number of nitrogens with zero attached hydrogens (tertiary/aromatic N) is 1. The number of thiazole rings is 1. The summed E-state index contributed by atoms with van der Waals surface area (Å²) in [5.74, 6) is -0.356. The van der Waals surface area contributed by atoms with Crippen molar-refractivity contribution in [3.8, 4) is 0 Å². The Kier molecular flexibility index (Phi) is 3.82. The van der Waals surface area contributed by atoms with E-state index >= 15 is 0 Å². The highest BCUT2D eigenvalue weighted by Crippen LogP contribution is 2.28. The van der Waals surface area contributed by atoms with Crippen LogP contribution in [0.4, 0.5) is 0 Å². The van der Waals surface area contributed by atoms with Crippen molar-refractivity contribution in [3.63, 3.8) is 0 Å². The minimum Gasteiger partial charge on any atom is -0.465 e. The van der Waals surface area contributed by atoms with Crippen LogP contribution in [0, 0.1) is 0 Å². The van der Waals surface area contributed by atoms with Crippen molar-refractivity contribution >= 4 is 17.3 Å². The molecule has 0 atom stereocenters. The van der Waals surface area contributed by atoms with Crippen molar-refractivity contribution < 1.29 is 14.3 Å². The van der Waals surface area contributed by atoms with Crippen LogP contribution in [0.15, 0.2) is 6.20 Å². The molecule has 0 spiro atoms. The smallest absolute Gasteiger partial charge is 0.349 e. The Labute approximate surface area is 93.2 Å². The molecule has 0 aromatic carbocycles. The Morgan fingerprint density at radius 1 is 1.60 bits per heavy atom. The Morgan fingerprint density at radius 2 is 2.27 bits per heavy atom. The average molecular weight is 229 g/mol. The van der Waals surface area contributed by atoms with E-state index in [0.29, 0.717) is 11.5 Å². The molecule has 1 aromatic heterocycles. The molecule has 15 heavy (non-hydrogen) atoms. The second-order valence-corrected chi connectivity index (χ2v) is 4.50. The zero-order chi connectivity index (χ0) is 11.5. The summed E-state index contributed by atoms with van der Waals surface area (Å²) in [4.78, 5) is 15.9. The van der Waals surface area contributed by atoms with Crippen LogP contribution in [0.25, 0.3) is 0 Å². The first-order chi connectivity index (χ1) is 7.01. The Bertz CT molecular complexity index is 346. The average Bonchev–Trinajstić information content (AvgIpc) is 2.66. The van der Waals surface area contributed by atoms with Crippen LogP contribution in [0.2, 0.25) is 0 Å². The molecule has 1 rings (SSSR count). The third-order valence-corrected chi connectivity index (χ3v) is 3.19. The molecule has 1 heterocycles. The molecule has 4 nitrogen and oxygen atoms in total. The zero-order valence-electron chi connectivity index (χ0n) is 9.36. The maximum Gasteiger partial charge on any atom is 0.349 e. The Hall–Kier alpha value is -0.940. The highest BCUT2D eigenvalue weighted by atomic mass is 32.1. The molecular formula is C10H15NO3S. The largest absolute Gasteiger partial charge is 0.465 e. The van der Waals surface area contributed by atoms with Crippen LogP contribution >= 0.6 is 11.3 Å². The van der Waals surface area contributed by atoms with Gasteiger partial charge in [0.1, 0.15) is 15.5 Å². The lowest BCUT2D eigenvalue weighted by Gasteiger charge is -2.21. The Balaban J connectivity index is 2.88. The summed E-state index contributed by atoms with van der Waals surface area (Å²) in [7, 11) is 1.36. The van der Waals surface area contributed by atoms with Gasteiger partial charge in [0.05, 0.1) is 13.3 Å². The number of esters is 1. The van der Waals surface area contributed by atoms with E-state index in [0.717, 1.165) is 5.01 Å². The van der Waals surface area contributed by atoms with Crippen molar-refractivity contribution in [2.24, 2.45) is 0 Å². The molecule has 0 aliphatic carbocycles. The predicted molar refractivity (Wildman–Crippen MR) is 58.1 cm³/mol. The van der Waals surface area contributed by atoms with Gasteiger partial charge in [-0.3, -0.25) is 0 Å². The van der Waals surface area contributed by atoms with Crippen LogP contribution < -0.4 is 0 Å². The number of aromatic nitrogens is 1. The SMILES string of the molecule is CCOC(C)(C)c1ncc(C(=O)OC)s1. The molecule has 0 bridgehead atoms. The van der Waals surface area contributed by atoms with E-state index in [1.54, 1.807) is 0 Å². The van der Waals surface area contributed by atoms with Gasteiger partial charge in [0.2, 0.25) is 0 Å². The van der Waals surface area contributed by atoms with Gasteiger partial charge in [0.15, 0.2) is 0 Å². The van der Waals surface area contributed by atoms with Crippen LogP contribution in [-0.2, 0) is 15.1 Å². The van der Waals surface area contributed by atoms with Crippen LogP contribution in [0.3, 0.4) is 0 Å². The lowest BCUT2D eigenvalue weighted by Crippen LogP contribution is -2.21. The normalized spacial score (nSPS) is 11.5. The third-order valence-electron chi connectivity index (χ3n) is 1.91. The van der Waals surface area contributed by atoms with Crippen molar-refractivity contribution in [1.82, 2.24) is 4.98 Å². The highest BCUT2D eigenvalue weighted by molar-refractivity contribution is 7.13. The molecule has 0 saturated carbocycles. The molecule has 5 heteroatoms. The van der Waals surface area contributed by atoms with Gasteiger partial charge in [-0.25, -0.2) is 9.78 Å². The fourth-order valence-corrected chi connectivity index (χ4v) is 2.06. The molecule has 0 unspecified atom stereocenters. The summed E-state index contributed by atoms with van der Waals surface area (Å²) in [6.45, 7) is 6.39. The minimum absolute atomic E-state index is 0.356. The number of carbonyl (C=O) groups excluding carboxylic acids is 1. The van der Waals surface area contributed by atoms with Crippen molar-refractivity contribution in [2.75, 3.05) is 13.7 Å². The van der Waals surface area contributed by atoms with Crippen molar-refractivity contribution in [1.29, 1.82) is 0 Å². The van der Waals surface area contributed by atoms with E-state index in [2.05, 4.69) is 9.72 Å². The van der Waals surface area contributed by atoms with Gasteiger partial charge in [-0.15, -0.1) is 11.3 Å². The second-order valence-electron chi connectivity index (χ2n) is 3.46. The van der Waals surface area contributed by atoms with E-state index in [1.165, 1.54) is 24.6 Å². The number of hydrogen-bond donors (Lipinski definition) is 0. The number of carbonyl (C=O) groups is 1. The third kappa shape index (κ3) is 2.76. The van der Waals surface area contributed by atoms with E-state index in [9.17, 15) is 4.79 Å². The monoisotopic (exact) mass is 229 g/mol. The maximum absolute atomic E-state index is 11.2. The summed E-state index contributed by atoms with van der Waals surface area (Å²) in [5.41, 5.74) is -0.453. The van der Waals surface area contributed by atoms with Gasteiger partial charge in [-0.2, -0.15) is 0 Å². The molecule has 0 aliphatic heterocycles. The van der Waals surface area contributed by atoms with E-state index in [1.807, 2.05) is 20.8 Å². The van der Waals surface area contributed by atoms with Crippen LogP contribution in [-0.4, -0.2) is 24.7 Å². The lowest BCUT2D eigenvalue weighted by atomic mass is 10.1. The van der Waals surface area contributed by atoms with Gasteiger partial charge >= 0.3 is 5.97 Å². The predicted octanol–water partition coefficient (Wildman–Crippen LogP) is 2.20. The standard InChI is InChI=1S/C10H15NO3S/c1-5-14-10(2,3)9-11-6-7(15-9)8(12)13-4/h6H,5H2,1-4H3. The number of methoxy groups -OCH3 is 1. The van der Waals surface area contributed by atoms with E-state index in [4.69, 9.17) is 4.74 Å². The number of hydrogen-bond acceptors (Lipinski definition) is 5. The topological polar surface area (TPSA) is 48.4 Å². The zero-order valence-corrected chi connectivity index (χ0v) is 10.2. The molecule has 0 N–H and O–H groups in total. The number of rotatable bonds is 4. The van der Waals surface area contributed by atoms with Crippen LogP contribution in [0.1, 0.15) is 35.5 Å². The maximum atomic E-state index is 11.2. The summed E-state index contributed by atoms with van der Waals surface area (Å²) in [5, 5.41) is 0.782. The molecule has 0 saturated heterocycles. The quantitative estimate of drug-likeness (QED) is 0.743. The van der Waals surface area contributed by atoms with Crippen molar-refractivity contribution in [3.05, 3.63) is 16.1 Å². The molecule has 0 amide bonds. The first kappa shape index (κ1) is 12.1. The minimum atomic E-state index is -0.453. The van der Waals surface area contributed by atoms with Gasteiger partial charge in [-0.1, -0.05) is 0 Å². The Morgan fingerprint density at radius 3 is 2.80 bits per heavy atom. The summed E-state index contributed by atoms with van der Waals surface area (Å²) in [6.07, 6.45) is 1.52. The summed E-state index contributed by atoms with van der Waals surface area (Å²) >= 11 is 1.30. The first-order valence-corrected chi connectivity index (χ1v) is 5.51. The van der Waals surface area contributed by atoms with E-state index < -0.39 is 5.60 Å². The fraction of sp³-hybridized carbons (Fsp3) is 0.600. The molecular weight excluding hydrogens is 214 g/mol. The van der Waals surface area contributed by atoms with Gasteiger partial charge in [0, 0.05) is 6.61 Å². The molecule has 0 aliphatic rings. The fourth-order valence-electron chi connectivity index (χ4n) is 1.17. The first-order valence-electron chi connectivity index (χ1n) is 4.70. The van der Waals surface area contributed by atoms with Crippen LogP contribution in [0.5, 0.6) is 0 Å². The summed E-state index contributed by atoms with van der Waals surface area (Å²) < 4.78 is 10.2. The lowest BCUT2D eigenvalue weighted by molar-refractivity contribution is -0.0141. The van der Waals surface area contributed by atoms with E-state index in [-0.39, 0.29) is 5.97 Å². The second kappa shape index (κ2) is 4.72. The van der Waals surface area contributed by atoms with Gasteiger partial charge in [0.25, 0.3) is 0 Å². The summed E-state index contributed by atoms with van der Waals surface area (Å²) in [6, 6.07) is 0. The molecule has 1 aromatic rings. The molecule has 84 valence electrons.